The van der Waals surface area contributed by atoms with E-state index in [-0.39, 0.29) is 5.92 Å². The van der Waals surface area contributed by atoms with Crippen molar-refractivity contribution in [1.82, 2.24) is 5.32 Å². The van der Waals surface area contributed by atoms with Crippen molar-refractivity contribution in [2.75, 3.05) is 6.54 Å². The number of hydrogen-bond donors (Lipinski definition) is 2. The molecule has 0 spiro atoms. The van der Waals surface area contributed by atoms with Gasteiger partial charge in [-0.05, 0) is 43.2 Å². The minimum absolute atomic E-state index is 0.268. The monoisotopic (exact) mass is 231 g/mol. The Bertz CT molecular complexity index is 423. The van der Waals surface area contributed by atoms with Crippen molar-refractivity contribution in [3.8, 4) is 0 Å². The standard InChI is InChI=1S/C14H17NO2/c16-13(17)14(7-4-8-15-14)12-9-11(12)10-5-2-1-3-6-10/h1-3,5-6,11-12,15H,4,7-9H2,(H,16,17). The van der Waals surface area contributed by atoms with Crippen LogP contribution in [0.5, 0.6) is 0 Å². The van der Waals surface area contributed by atoms with Crippen molar-refractivity contribution in [3.05, 3.63) is 35.9 Å². The van der Waals surface area contributed by atoms with Gasteiger partial charge in [0.05, 0.1) is 0 Å². The summed E-state index contributed by atoms with van der Waals surface area (Å²) in [6, 6.07) is 10.3. The molecule has 2 N–H and O–H groups in total. The third kappa shape index (κ3) is 1.65. The summed E-state index contributed by atoms with van der Waals surface area (Å²) < 4.78 is 0. The molecule has 3 heteroatoms. The first-order valence-corrected chi connectivity index (χ1v) is 6.27. The Morgan fingerprint density at radius 1 is 1.35 bits per heavy atom. The SMILES string of the molecule is O=C(O)C1(C2CC2c2ccccc2)CCCN1. The third-order valence-electron chi connectivity index (χ3n) is 4.22. The highest BCUT2D eigenvalue weighted by Crippen LogP contribution is 2.55. The van der Waals surface area contributed by atoms with Gasteiger partial charge < -0.3 is 10.4 Å². The second kappa shape index (κ2) is 3.84. The molecule has 1 aliphatic heterocycles. The molecule has 1 saturated heterocycles. The van der Waals surface area contributed by atoms with Gasteiger partial charge in [0.25, 0.3) is 0 Å². The molecule has 3 atom stereocenters. The van der Waals surface area contributed by atoms with E-state index in [4.69, 9.17) is 0 Å². The van der Waals surface area contributed by atoms with Crippen molar-refractivity contribution >= 4 is 5.97 Å². The molecule has 2 fully saturated rings. The van der Waals surface area contributed by atoms with Gasteiger partial charge in [0.15, 0.2) is 0 Å². The van der Waals surface area contributed by atoms with Crippen LogP contribution >= 0.6 is 0 Å². The van der Waals surface area contributed by atoms with Gasteiger partial charge in [0, 0.05) is 0 Å². The summed E-state index contributed by atoms with van der Waals surface area (Å²) in [5.41, 5.74) is 0.632. The Morgan fingerprint density at radius 2 is 2.12 bits per heavy atom. The lowest BCUT2D eigenvalue weighted by molar-refractivity contribution is -0.145. The maximum Gasteiger partial charge on any atom is 0.324 e. The van der Waals surface area contributed by atoms with Gasteiger partial charge in [-0.3, -0.25) is 4.79 Å². The molecule has 1 heterocycles. The average molecular weight is 231 g/mol. The van der Waals surface area contributed by atoms with Crippen molar-refractivity contribution in [2.45, 2.75) is 30.7 Å². The molecule has 0 amide bonds. The topological polar surface area (TPSA) is 49.3 Å². The second-order valence-corrected chi connectivity index (χ2v) is 5.17. The summed E-state index contributed by atoms with van der Waals surface area (Å²) in [6.45, 7) is 0.838. The minimum atomic E-state index is -0.668. The molecule has 1 aliphatic carbocycles. The molecule has 2 aliphatic rings. The number of benzene rings is 1. The van der Waals surface area contributed by atoms with Crippen LogP contribution in [0.4, 0.5) is 0 Å². The van der Waals surface area contributed by atoms with E-state index in [2.05, 4.69) is 17.4 Å². The molecule has 3 nitrogen and oxygen atoms in total. The molecular weight excluding hydrogens is 214 g/mol. The summed E-state index contributed by atoms with van der Waals surface area (Å²) in [5, 5.41) is 12.7. The molecule has 1 saturated carbocycles. The predicted molar refractivity (Wildman–Crippen MR) is 64.9 cm³/mol. The van der Waals surface area contributed by atoms with E-state index in [1.165, 1.54) is 5.56 Å². The second-order valence-electron chi connectivity index (χ2n) is 5.17. The Kier molecular flexibility index (Phi) is 2.44. The zero-order valence-corrected chi connectivity index (χ0v) is 9.73. The summed E-state index contributed by atoms with van der Waals surface area (Å²) in [7, 11) is 0. The van der Waals surface area contributed by atoms with Gasteiger partial charge in [-0.15, -0.1) is 0 Å². The van der Waals surface area contributed by atoms with Gasteiger partial charge in [-0.1, -0.05) is 30.3 Å². The van der Waals surface area contributed by atoms with Crippen LogP contribution in [0, 0.1) is 5.92 Å². The van der Waals surface area contributed by atoms with E-state index < -0.39 is 11.5 Å². The molecule has 0 aromatic heterocycles. The van der Waals surface area contributed by atoms with Crippen molar-refractivity contribution in [3.63, 3.8) is 0 Å². The van der Waals surface area contributed by atoms with E-state index in [0.29, 0.717) is 5.92 Å². The van der Waals surface area contributed by atoms with E-state index in [0.717, 1.165) is 25.8 Å². The Balaban J connectivity index is 1.81. The first-order valence-electron chi connectivity index (χ1n) is 6.27. The summed E-state index contributed by atoms with van der Waals surface area (Å²) in [5.74, 6) is 0.0289. The molecule has 1 aromatic rings. The van der Waals surface area contributed by atoms with Crippen LogP contribution in [0.15, 0.2) is 30.3 Å². The van der Waals surface area contributed by atoms with E-state index in [9.17, 15) is 9.90 Å². The van der Waals surface area contributed by atoms with Crippen LogP contribution in [-0.4, -0.2) is 23.2 Å². The Hall–Kier alpha value is -1.35. The number of carboxylic acid groups (broad SMARTS) is 1. The quantitative estimate of drug-likeness (QED) is 0.836. The highest BCUT2D eigenvalue weighted by molar-refractivity contribution is 5.80. The first kappa shape index (κ1) is 10.8. The maximum absolute atomic E-state index is 11.5. The lowest BCUT2D eigenvalue weighted by Crippen LogP contribution is -2.50. The highest BCUT2D eigenvalue weighted by atomic mass is 16.4. The molecule has 17 heavy (non-hydrogen) atoms. The normalized spacial score (nSPS) is 35.8. The summed E-state index contributed by atoms with van der Waals surface area (Å²) in [6.07, 6.45) is 2.75. The molecule has 0 radical (unpaired) electrons. The molecule has 90 valence electrons. The zero-order chi connectivity index (χ0) is 11.9. The van der Waals surface area contributed by atoms with Crippen LogP contribution in [0.3, 0.4) is 0 Å². The fraction of sp³-hybridized carbons (Fsp3) is 0.500. The number of carbonyl (C=O) groups is 1. The van der Waals surface area contributed by atoms with Crippen molar-refractivity contribution in [1.29, 1.82) is 0 Å². The molecule has 3 rings (SSSR count). The van der Waals surface area contributed by atoms with Gasteiger partial charge >= 0.3 is 5.97 Å². The molecule has 3 unspecified atom stereocenters. The first-order chi connectivity index (χ1) is 8.24. The van der Waals surface area contributed by atoms with E-state index in [1.807, 2.05) is 18.2 Å². The van der Waals surface area contributed by atoms with Gasteiger partial charge in [-0.25, -0.2) is 0 Å². The molecule has 1 aromatic carbocycles. The average Bonchev–Trinajstić information content (AvgIpc) is 3.00. The van der Waals surface area contributed by atoms with Crippen molar-refractivity contribution in [2.24, 2.45) is 5.92 Å². The van der Waals surface area contributed by atoms with Crippen LogP contribution in [-0.2, 0) is 4.79 Å². The van der Waals surface area contributed by atoms with Crippen LogP contribution in [0.1, 0.15) is 30.7 Å². The smallest absolute Gasteiger partial charge is 0.324 e. The van der Waals surface area contributed by atoms with E-state index in [1.54, 1.807) is 0 Å². The van der Waals surface area contributed by atoms with E-state index >= 15 is 0 Å². The zero-order valence-electron chi connectivity index (χ0n) is 9.73. The Labute approximate surface area is 101 Å². The predicted octanol–water partition coefficient (Wildman–Crippen LogP) is 2.00. The van der Waals surface area contributed by atoms with Gasteiger partial charge in [0.1, 0.15) is 5.54 Å². The summed E-state index contributed by atoms with van der Waals surface area (Å²) >= 11 is 0. The van der Waals surface area contributed by atoms with Crippen molar-refractivity contribution < 1.29 is 9.90 Å². The largest absolute Gasteiger partial charge is 0.480 e. The van der Waals surface area contributed by atoms with Gasteiger partial charge in [0.2, 0.25) is 0 Å². The number of nitrogens with one attached hydrogen (secondary N) is 1. The van der Waals surface area contributed by atoms with Crippen LogP contribution < -0.4 is 5.32 Å². The third-order valence-corrected chi connectivity index (χ3v) is 4.22. The summed E-state index contributed by atoms with van der Waals surface area (Å²) in [4.78, 5) is 11.5. The van der Waals surface area contributed by atoms with Gasteiger partial charge in [-0.2, -0.15) is 0 Å². The fourth-order valence-electron chi connectivity index (χ4n) is 3.23. The molecular formula is C14H17NO2. The highest BCUT2D eigenvalue weighted by Gasteiger charge is 2.58. The number of hydrogen-bond acceptors (Lipinski definition) is 2. The van der Waals surface area contributed by atoms with Crippen LogP contribution in [0.2, 0.25) is 0 Å². The maximum atomic E-state index is 11.5. The number of rotatable bonds is 3. The van der Waals surface area contributed by atoms with Crippen LogP contribution in [0.25, 0.3) is 0 Å². The molecule has 0 bridgehead atoms. The lowest BCUT2D eigenvalue weighted by Gasteiger charge is -2.25. The lowest BCUT2D eigenvalue weighted by atomic mass is 9.89. The fourth-order valence-corrected chi connectivity index (χ4v) is 3.23. The minimum Gasteiger partial charge on any atom is -0.480 e. The number of carboxylic acids is 1. The Morgan fingerprint density at radius 3 is 2.71 bits per heavy atom. The number of aliphatic carboxylic acids is 1.